The first-order chi connectivity index (χ1) is 9.54. The molecule has 3 rings (SSSR count). The molecule has 1 unspecified atom stereocenters. The van der Waals surface area contributed by atoms with Crippen LogP contribution in [0.25, 0.3) is 10.1 Å². The van der Waals surface area contributed by atoms with Gasteiger partial charge in [-0.2, -0.15) is 0 Å². The zero-order valence-electron chi connectivity index (χ0n) is 10.2. The lowest BCUT2D eigenvalue weighted by atomic mass is 10.1. The van der Waals surface area contributed by atoms with E-state index in [-0.39, 0.29) is 11.9 Å². The minimum Gasteiger partial charge on any atom is -0.320 e. The van der Waals surface area contributed by atoms with Crippen LogP contribution in [0.15, 0.2) is 42.5 Å². The fourth-order valence-corrected chi connectivity index (χ4v) is 3.61. The molecule has 0 radical (unpaired) electrons. The van der Waals surface area contributed by atoms with Crippen molar-refractivity contribution in [1.82, 2.24) is 0 Å². The molecule has 0 saturated carbocycles. The van der Waals surface area contributed by atoms with Crippen molar-refractivity contribution in [1.29, 1.82) is 0 Å². The summed E-state index contributed by atoms with van der Waals surface area (Å²) in [7, 11) is 0. The van der Waals surface area contributed by atoms with Crippen molar-refractivity contribution < 1.29 is 4.39 Å². The molecule has 2 aromatic carbocycles. The van der Waals surface area contributed by atoms with Gasteiger partial charge in [-0.1, -0.05) is 29.3 Å². The van der Waals surface area contributed by atoms with Crippen molar-refractivity contribution in [2.75, 3.05) is 0 Å². The number of hydrogen-bond donors (Lipinski definition) is 1. The molecule has 0 aliphatic carbocycles. The summed E-state index contributed by atoms with van der Waals surface area (Å²) in [6.45, 7) is 0. The zero-order chi connectivity index (χ0) is 14.3. The van der Waals surface area contributed by atoms with E-state index >= 15 is 0 Å². The van der Waals surface area contributed by atoms with Crippen LogP contribution in [0.4, 0.5) is 4.39 Å². The lowest BCUT2D eigenvalue weighted by Crippen LogP contribution is -2.10. The normalized spacial score (nSPS) is 12.8. The lowest BCUT2D eigenvalue weighted by Gasteiger charge is -2.12. The highest BCUT2D eigenvalue weighted by Crippen LogP contribution is 2.35. The van der Waals surface area contributed by atoms with Gasteiger partial charge >= 0.3 is 0 Å². The van der Waals surface area contributed by atoms with Gasteiger partial charge in [0.2, 0.25) is 0 Å². The van der Waals surface area contributed by atoms with Gasteiger partial charge in [0.1, 0.15) is 5.82 Å². The van der Waals surface area contributed by atoms with Crippen LogP contribution in [0.3, 0.4) is 0 Å². The van der Waals surface area contributed by atoms with E-state index in [1.54, 1.807) is 24.3 Å². The molecule has 0 aliphatic heterocycles. The second kappa shape index (κ2) is 5.34. The summed E-state index contributed by atoms with van der Waals surface area (Å²) < 4.78 is 14.1. The van der Waals surface area contributed by atoms with Crippen LogP contribution in [0.2, 0.25) is 10.0 Å². The molecular weight excluding hydrogens is 316 g/mol. The van der Waals surface area contributed by atoms with Gasteiger partial charge in [0.05, 0.1) is 6.04 Å². The van der Waals surface area contributed by atoms with Crippen LogP contribution >= 0.6 is 34.5 Å². The number of halogens is 3. The number of fused-ring (bicyclic) bond motifs is 1. The van der Waals surface area contributed by atoms with E-state index in [0.717, 1.165) is 20.5 Å². The highest BCUT2D eigenvalue weighted by atomic mass is 35.5. The Morgan fingerprint density at radius 1 is 1.05 bits per heavy atom. The maximum absolute atomic E-state index is 13.2. The molecular formula is C15H10Cl2FNS. The van der Waals surface area contributed by atoms with Crippen LogP contribution in [0, 0.1) is 5.82 Å². The van der Waals surface area contributed by atoms with Crippen LogP contribution in [-0.4, -0.2) is 0 Å². The molecule has 102 valence electrons. The Kier molecular flexibility index (Phi) is 3.69. The minimum atomic E-state index is -0.373. The summed E-state index contributed by atoms with van der Waals surface area (Å²) in [6, 6.07) is 11.5. The van der Waals surface area contributed by atoms with Gasteiger partial charge in [-0.25, -0.2) is 4.39 Å². The van der Waals surface area contributed by atoms with E-state index in [1.807, 2.05) is 6.07 Å². The summed E-state index contributed by atoms with van der Waals surface area (Å²) in [6.07, 6.45) is 0. The van der Waals surface area contributed by atoms with E-state index in [2.05, 4.69) is 0 Å². The molecule has 0 amide bonds. The maximum Gasteiger partial charge on any atom is 0.124 e. The molecule has 0 aliphatic rings. The van der Waals surface area contributed by atoms with Crippen molar-refractivity contribution >= 4 is 44.6 Å². The SMILES string of the molecule is NC(c1cc2ccc(F)cc2s1)c1cc(Cl)ccc1Cl. The Morgan fingerprint density at radius 3 is 2.65 bits per heavy atom. The number of rotatable bonds is 2. The van der Waals surface area contributed by atoms with Gasteiger partial charge < -0.3 is 5.73 Å². The number of benzene rings is 2. The highest BCUT2D eigenvalue weighted by molar-refractivity contribution is 7.19. The van der Waals surface area contributed by atoms with Gasteiger partial charge in [0.25, 0.3) is 0 Å². The first kappa shape index (κ1) is 13.8. The van der Waals surface area contributed by atoms with E-state index in [4.69, 9.17) is 28.9 Å². The molecule has 1 heterocycles. The maximum atomic E-state index is 13.2. The molecule has 2 N–H and O–H groups in total. The quantitative estimate of drug-likeness (QED) is 0.671. The molecule has 0 fully saturated rings. The summed E-state index contributed by atoms with van der Waals surface area (Å²) in [4.78, 5) is 0.926. The van der Waals surface area contributed by atoms with E-state index < -0.39 is 0 Å². The molecule has 5 heteroatoms. The van der Waals surface area contributed by atoms with Crippen molar-refractivity contribution in [2.45, 2.75) is 6.04 Å². The van der Waals surface area contributed by atoms with Crippen molar-refractivity contribution in [3.63, 3.8) is 0 Å². The summed E-state index contributed by atoms with van der Waals surface area (Å²) in [5, 5.41) is 2.14. The third-order valence-corrected chi connectivity index (χ3v) is 4.86. The molecule has 1 atom stereocenters. The fourth-order valence-electron chi connectivity index (χ4n) is 2.08. The van der Waals surface area contributed by atoms with E-state index in [0.29, 0.717) is 10.0 Å². The number of nitrogens with two attached hydrogens (primary N) is 1. The first-order valence-corrected chi connectivity index (χ1v) is 7.51. The second-order valence-corrected chi connectivity index (χ2v) is 6.43. The smallest absolute Gasteiger partial charge is 0.124 e. The molecule has 0 spiro atoms. The van der Waals surface area contributed by atoms with Crippen LogP contribution in [-0.2, 0) is 0 Å². The van der Waals surface area contributed by atoms with Gasteiger partial charge in [0, 0.05) is 19.6 Å². The van der Waals surface area contributed by atoms with Crippen molar-refractivity contribution in [3.8, 4) is 0 Å². The summed E-state index contributed by atoms with van der Waals surface area (Å²) >= 11 is 13.6. The monoisotopic (exact) mass is 325 g/mol. The third-order valence-electron chi connectivity index (χ3n) is 3.10. The van der Waals surface area contributed by atoms with Gasteiger partial charge in [-0.15, -0.1) is 11.3 Å². The fraction of sp³-hybridized carbons (Fsp3) is 0.0667. The van der Waals surface area contributed by atoms with Crippen molar-refractivity contribution in [3.05, 3.63) is 68.8 Å². The zero-order valence-corrected chi connectivity index (χ0v) is 12.6. The molecule has 20 heavy (non-hydrogen) atoms. The van der Waals surface area contributed by atoms with Gasteiger partial charge in [-0.3, -0.25) is 0 Å². The van der Waals surface area contributed by atoms with Crippen LogP contribution < -0.4 is 5.73 Å². The van der Waals surface area contributed by atoms with E-state index in [1.165, 1.54) is 23.5 Å². The average Bonchev–Trinajstić information content (AvgIpc) is 2.83. The Bertz CT molecular complexity index is 785. The predicted molar refractivity (Wildman–Crippen MR) is 84.3 cm³/mol. The average molecular weight is 326 g/mol. The lowest BCUT2D eigenvalue weighted by molar-refractivity contribution is 0.630. The van der Waals surface area contributed by atoms with Crippen molar-refractivity contribution in [2.24, 2.45) is 5.73 Å². The largest absolute Gasteiger partial charge is 0.320 e. The van der Waals surface area contributed by atoms with Gasteiger partial charge in [0.15, 0.2) is 0 Å². The highest BCUT2D eigenvalue weighted by Gasteiger charge is 2.16. The Morgan fingerprint density at radius 2 is 1.85 bits per heavy atom. The Labute approximate surface area is 129 Å². The molecule has 0 saturated heterocycles. The van der Waals surface area contributed by atoms with E-state index in [9.17, 15) is 4.39 Å². The van der Waals surface area contributed by atoms with Gasteiger partial charge in [-0.05, 0) is 47.3 Å². The summed E-state index contributed by atoms with van der Waals surface area (Å²) in [5.74, 6) is -0.250. The predicted octanol–water partition coefficient (Wildman–Crippen LogP) is 5.40. The molecule has 3 aromatic rings. The second-order valence-electron chi connectivity index (χ2n) is 4.47. The molecule has 1 aromatic heterocycles. The van der Waals surface area contributed by atoms with Crippen LogP contribution in [0.1, 0.15) is 16.5 Å². The molecule has 1 nitrogen and oxygen atoms in total. The Balaban J connectivity index is 2.07. The number of hydrogen-bond acceptors (Lipinski definition) is 2. The Hall–Kier alpha value is -1.13. The third kappa shape index (κ3) is 2.54. The first-order valence-electron chi connectivity index (χ1n) is 5.94. The molecule has 0 bridgehead atoms. The topological polar surface area (TPSA) is 26.0 Å². The minimum absolute atomic E-state index is 0.250. The standard InChI is InChI=1S/C15H10Cl2FNS/c16-9-2-4-12(17)11(6-9)15(19)14-5-8-1-3-10(18)7-13(8)20-14/h1-7,15H,19H2. The number of thiophene rings is 1. The van der Waals surface area contributed by atoms with Crippen LogP contribution in [0.5, 0.6) is 0 Å². The summed E-state index contributed by atoms with van der Waals surface area (Å²) in [5.41, 5.74) is 7.03.